The first kappa shape index (κ1) is 82.8. The van der Waals surface area contributed by atoms with E-state index in [4.69, 9.17) is 38.7 Å². The van der Waals surface area contributed by atoms with Crippen molar-refractivity contribution in [1.29, 1.82) is 0 Å². The van der Waals surface area contributed by atoms with Crippen molar-refractivity contribution in [2.75, 3.05) is 0 Å². The molecular weight excluding hydrogens is 1730 g/mol. The van der Waals surface area contributed by atoms with Crippen molar-refractivity contribution in [3.63, 3.8) is 0 Å². The van der Waals surface area contributed by atoms with Crippen molar-refractivity contribution in [3.8, 4) is 157 Å². The SMILES string of the molecule is C1=CCCC(c2nc(-c3ccccc3)nc(-c3cccc(-c4ccc(-c5cc(-c6cccc(-n7c8ccccc8c8cc(-c9cccc(C%10=CC(c%11cccc(-c%12ccc%13c(c%12)c%12ccccc%12n%13-c%12cccc(-c%13cc(-c%14ccc(-c%15cccc(-c%16nc(-c%17ccccc%17)nc(-c%17ccccc%17)n%16)c%15)cc%14)c%14oc%15ccccc%15c%14c%13)c%12)c%11)=CCC%10)c9)ccc87)c6)cc6c5oc5ccccc56)cc4)c3)n2)=C1. The summed E-state index contributed by atoms with van der Waals surface area (Å²) in [6, 6.07) is 159. The van der Waals surface area contributed by atoms with Crippen LogP contribution >= 0.6 is 0 Å². The number of hydrogen-bond donors (Lipinski definition) is 0. The van der Waals surface area contributed by atoms with E-state index in [0.29, 0.717) is 34.9 Å². The maximum Gasteiger partial charge on any atom is 0.164 e. The fourth-order valence-corrected chi connectivity index (χ4v) is 21.3. The third kappa shape index (κ3) is 15.1. The van der Waals surface area contributed by atoms with Crippen molar-refractivity contribution in [2.45, 2.75) is 25.7 Å². The number of allylic oxidation sites excluding steroid dienone is 8. The van der Waals surface area contributed by atoms with Crippen LogP contribution < -0.4 is 0 Å². The van der Waals surface area contributed by atoms with Gasteiger partial charge in [0.2, 0.25) is 0 Å². The number of furan rings is 2. The van der Waals surface area contributed by atoms with Gasteiger partial charge in [0, 0.05) is 93.4 Å². The molecule has 0 spiro atoms. The Morgan fingerprint density at radius 1 is 0.204 bits per heavy atom. The second-order valence-corrected chi connectivity index (χ2v) is 37.0. The maximum absolute atomic E-state index is 6.83. The summed E-state index contributed by atoms with van der Waals surface area (Å²) in [6.45, 7) is 0. The van der Waals surface area contributed by atoms with Gasteiger partial charge in [-0.2, -0.15) is 0 Å². The highest BCUT2D eigenvalue weighted by Gasteiger charge is 2.25. The first-order valence-corrected chi connectivity index (χ1v) is 48.6. The molecule has 19 aromatic carbocycles. The van der Waals surface area contributed by atoms with Gasteiger partial charge in [-0.1, -0.05) is 352 Å². The summed E-state index contributed by atoms with van der Waals surface area (Å²) >= 11 is 0. The van der Waals surface area contributed by atoms with Gasteiger partial charge in [-0.3, -0.25) is 0 Å². The lowest BCUT2D eigenvalue weighted by atomic mass is 9.88. The predicted molar refractivity (Wildman–Crippen MR) is 585 cm³/mol. The van der Waals surface area contributed by atoms with Crippen molar-refractivity contribution in [1.82, 2.24) is 39.0 Å². The van der Waals surface area contributed by atoms with Gasteiger partial charge < -0.3 is 18.0 Å². The Labute approximate surface area is 819 Å². The van der Waals surface area contributed by atoms with Crippen LogP contribution in [0.1, 0.15) is 42.6 Å². The Morgan fingerprint density at radius 3 is 1.00 bits per heavy atom. The van der Waals surface area contributed by atoms with Crippen LogP contribution in [0, 0.1) is 0 Å². The summed E-state index contributed by atoms with van der Waals surface area (Å²) in [5, 5.41) is 9.09. The summed E-state index contributed by atoms with van der Waals surface area (Å²) in [5.41, 5.74) is 38.4. The maximum atomic E-state index is 6.83. The van der Waals surface area contributed by atoms with Gasteiger partial charge >= 0.3 is 0 Å². The molecule has 0 saturated heterocycles. The van der Waals surface area contributed by atoms with Crippen molar-refractivity contribution < 1.29 is 8.83 Å². The molecule has 6 aromatic heterocycles. The van der Waals surface area contributed by atoms with Gasteiger partial charge in [0.15, 0.2) is 34.9 Å². The molecule has 0 N–H and O–H groups in total. The Bertz CT molecular complexity index is 9470. The smallest absolute Gasteiger partial charge is 0.164 e. The number of aromatic nitrogens is 8. The van der Waals surface area contributed by atoms with Gasteiger partial charge in [0.25, 0.3) is 0 Å². The summed E-state index contributed by atoms with van der Waals surface area (Å²) < 4.78 is 18.5. The Hall–Kier alpha value is -18.6. The largest absolute Gasteiger partial charge is 0.455 e. The highest BCUT2D eigenvalue weighted by Crippen LogP contribution is 2.48. The van der Waals surface area contributed by atoms with E-state index in [1.54, 1.807) is 0 Å². The molecule has 0 unspecified atom stereocenters. The van der Waals surface area contributed by atoms with E-state index in [9.17, 15) is 0 Å². The molecule has 6 heterocycles. The standard InChI is InChI=1S/C132H86N8O2/c1-5-28-87(29-6-1)127-133-128(88-30-7-2-8-31-88)136-131(135-127)103-46-24-36-91(73-103)83-58-62-85(63-59-83)113-79-105(81-117-111-52-15-19-56-123(111)141-125(113)117)99-44-26-48-107(75-99)139-119-54-17-13-50-109(119)115-77-101(66-68-121(115)139)97-42-22-40-95(71-97)93-38-21-39-94(70-93)96-41-23-43-98(72-96)102-67-69-122-116(78-102)110-51-14-18-55-120(110)140(122)108-49-27-45-100(76-108)106-80-114(126-118(82-106)112-53-16-20-57-124(112)142-126)86-64-60-84(61-65-86)92-37-25-47-104(74-92)132-137-129(89-32-9-3-10-33-89)134-130(138-132)90-34-11-4-12-35-90/h1-11,13-20,22-34,36-38,40-82H,12,21,35,39H2. The molecular formula is C132H86N8O2. The second kappa shape index (κ2) is 34.9. The molecule has 27 rings (SSSR count). The number of nitrogens with zero attached hydrogens (tertiary/aromatic N) is 8. The van der Waals surface area contributed by atoms with Gasteiger partial charge in [0.1, 0.15) is 22.3 Å². The Morgan fingerprint density at radius 2 is 0.535 bits per heavy atom. The molecule has 0 bridgehead atoms. The van der Waals surface area contributed by atoms with Crippen LogP contribution in [0.2, 0.25) is 0 Å². The number of para-hydroxylation sites is 4. The lowest BCUT2D eigenvalue weighted by Gasteiger charge is -2.16. The van der Waals surface area contributed by atoms with Crippen LogP contribution in [-0.2, 0) is 0 Å². The molecule has 0 atom stereocenters. The van der Waals surface area contributed by atoms with E-state index < -0.39 is 0 Å². The number of hydrogen-bond acceptors (Lipinski definition) is 8. The minimum atomic E-state index is 0.613. The van der Waals surface area contributed by atoms with E-state index in [2.05, 4.69) is 391 Å². The molecule has 0 fully saturated rings. The fraction of sp³-hybridized carbons (Fsp3) is 0.0303. The van der Waals surface area contributed by atoms with Gasteiger partial charge in [-0.15, -0.1) is 0 Å². The zero-order valence-electron chi connectivity index (χ0n) is 77.3. The summed E-state index contributed by atoms with van der Waals surface area (Å²) in [5.74, 6) is 3.89. The molecule has 2 aliphatic rings. The molecule has 2 aliphatic carbocycles. The molecule has 25 aromatic rings. The fourth-order valence-electron chi connectivity index (χ4n) is 21.3. The summed E-state index contributed by atoms with van der Waals surface area (Å²) in [4.78, 5) is 30.2. The molecule has 0 saturated carbocycles. The van der Waals surface area contributed by atoms with Crippen molar-refractivity contribution >= 4 is 104 Å². The van der Waals surface area contributed by atoms with Crippen LogP contribution in [0.4, 0.5) is 0 Å². The normalized spacial score (nSPS) is 12.8. The number of fused-ring (bicyclic) bond motifs is 12. The van der Waals surface area contributed by atoms with Crippen molar-refractivity contribution in [3.05, 3.63) is 490 Å². The second-order valence-electron chi connectivity index (χ2n) is 37.0. The van der Waals surface area contributed by atoms with Crippen molar-refractivity contribution in [2.24, 2.45) is 0 Å². The molecule has 666 valence electrons. The third-order valence-corrected chi connectivity index (χ3v) is 28.3. The van der Waals surface area contributed by atoms with E-state index in [-0.39, 0.29) is 0 Å². The lowest BCUT2D eigenvalue weighted by molar-refractivity contribution is 0.669. The highest BCUT2D eigenvalue weighted by molar-refractivity contribution is 6.15. The van der Waals surface area contributed by atoms with Gasteiger partial charge in [-0.25, -0.2) is 29.9 Å². The van der Waals surface area contributed by atoms with Crippen LogP contribution in [0.25, 0.3) is 262 Å². The van der Waals surface area contributed by atoms with Crippen LogP contribution in [-0.4, -0.2) is 39.0 Å². The first-order chi connectivity index (χ1) is 70.3. The van der Waals surface area contributed by atoms with E-state index in [1.807, 2.05) is 91.0 Å². The molecule has 0 amide bonds. The quantitative estimate of drug-likeness (QED) is 0.0835. The minimum absolute atomic E-state index is 0.613. The summed E-state index contributed by atoms with van der Waals surface area (Å²) in [6.07, 6.45) is 15.0. The van der Waals surface area contributed by atoms with E-state index >= 15 is 0 Å². The van der Waals surface area contributed by atoms with Crippen LogP contribution in [0.5, 0.6) is 0 Å². The molecule has 142 heavy (non-hydrogen) atoms. The van der Waals surface area contributed by atoms with Gasteiger partial charge in [0.05, 0.1) is 22.1 Å². The monoisotopic (exact) mass is 1810 g/mol. The zero-order chi connectivity index (χ0) is 93.7. The highest BCUT2D eigenvalue weighted by atomic mass is 16.3. The number of benzene rings is 19. The average molecular weight is 1820 g/mol. The molecule has 0 radical (unpaired) electrons. The number of rotatable bonds is 18. The minimum Gasteiger partial charge on any atom is -0.455 e. The van der Waals surface area contributed by atoms with E-state index in [0.717, 1.165) is 203 Å². The van der Waals surface area contributed by atoms with E-state index in [1.165, 1.54) is 66.1 Å². The Kier molecular flexibility index (Phi) is 20.3. The molecule has 10 nitrogen and oxygen atoms in total. The molecule has 0 aliphatic heterocycles. The van der Waals surface area contributed by atoms with Crippen LogP contribution in [0.3, 0.4) is 0 Å². The topological polar surface area (TPSA) is 113 Å². The average Bonchev–Trinajstić information content (AvgIpc) is 1.60. The van der Waals surface area contributed by atoms with Gasteiger partial charge in [-0.05, 0) is 253 Å². The lowest BCUT2D eigenvalue weighted by Crippen LogP contribution is -2.03. The molecule has 10 heteroatoms. The third-order valence-electron chi connectivity index (χ3n) is 28.3. The zero-order valence-corrected chi connectivity index (χ0v) is 77.3. The Balaban J connectivity index is 0.460. The van der Waals surface area contributed by atoms with Crippen LogP contribution in [0.15, 0.2) is 482 Å². The first-order valence-electron chi connectivity index (χ1n) is 48.6. The summed E-state index contributed by atoms with van der Waals surface area (Å²) in [7, 11) is 0. The predicted octanol–water partition coefficient (Wildman–Crippen LogP) is 34.7.